The molecule has 3 aromatic rings. The molecule has 7 heteroatoms. The SMILES string of the molecule is CCN(CCCl)c1cc(CN(C)C)cc(N(C(=O)c2ccc(C(N)=O)cc2)c2ccccc2)c1. The Morgan fingerprint density at radius 3 is 2.03 bits per heavy atom. The zero-order chi connectivity index (χ0) is 24.7. The van der Waals surface area contributed by atoms with Gasteiger partial charge in [-0.3, -0.25) is 14.5 Å². The van der Waals surface area contributed by atoms with Crippen molar-refractivity contribution in [3.05, 3.63) is 89.5 Å². The average molecular weight is 479 g/mol. The van der Waals surface area contributed by atoms with Gasteiger partial charge in [-0.2, -0.15) is 0 Å². The van der Waals surface area contributed by atoms with E-state index in [-0.39, 0.29) is 5.91 Å². The zero-order valence-electron chi connectivity index (χ0n) is 19.9. The minimum atomic E-state index is -0.529. The lowest BCUT2D eigenvalue weighted by Gasteiger charge is -2.28. The Morgan fingerprint density at radius 2 is 1.47 bits per heavy atom. The van der Waals surface area contributed by atoms with E-state index in [0.29, 0.717) is 23.6 Å². The Hall–Kier alpha value is -3.35. The number of carbonyl (C=O) groups is 2. The Labute approximate surface area is 206 Å². The van der Waals surface area contributed by atoms with Gasteiger partial charge in [0.15, 0.2) is 0 Å². The molecular formula is C27H31ClN4O2. The van der Waals surface area contributed by atoms with Crippen LogP contribution in [0.2, 0.25) is 0 Å². The number of carbonyl (C=O) groups excluding carboxylic acids is 2. The summed E-state index contributed by atoms with van der Waals surface area (Å²) in [6.45, 7) is 4.32. The molecular weight excluding hydrogens is 448 g/mol. The molecule has 0 spiro atoms. The van der Waals surface area contributed by atoms with Crippen molar-refractivity contribution in [3.63, 3.8) is 0 Å². The summed E-state index contributed by atoms with van der Waals surface area (Å²) in [5, 5.41) is 0. The summed E-state index contributed by atoms with van der Waals surface area (Å²) in [6.07, 6.45) is 0. The number of halogens is 1. The number of hydrogen-bond donors (Lipinski definition) is 1. The number of nitrogens with zero attached hydrogens (tertiary/aromatic N) is 3. The first-order valence-corrected chi connectivity index (χ1v) is 11.8. The summed E-state index contributed by atoms with van der Waals surface area (Å²) in [5.74, 6) is -0.219. The van der Waals surface area contributed by atoms with Crippen LogP contribution < -0.4 is 15.5 Å². The van der Waals surface area contributed by atoms with Crippen LogP contribution in [0.5, 0.6) is 0 Å². The molecule has 0 radical (unpaired) electrons. The van der Waals surface area contributed by atoms with Gasteiger partial charge in [0.05, 0.1) is 5.69 Å². The van der Waals surface area contributed by atoms with E-state index >= 15 is 0 Å². The first-order chi connectivity index (χ1) is 16.3. The van der Waals surface area contributed by atoms with Crippen molar-refractivity contribution in [1.82, 2.24) is 4.90 Å². The third-order valence-corrected chi connectivity index (χ3v) is 5.62. The molecule has 0 aliphatic heterocycles. The molecule has 0 fully saturated rings. The number of hydrogen-bond acceptors (Lipinski definition) is 4. The smallest absolute Gasteiger partial charge is 0.262 e. The van der Waals surface area contributed by atoms with Crippen LogP contribution in [0.25, 0.3) is 0 Å². The standard InChI is InChI=1S/C27H31ClN4O2/c1-4-31(15-14-28)24-16-20(19-30(2)3)17-25(18-24)32(23-8-6-5-7-9-23)27(34)22-12-10-21(11-13-22)26(29)33/h5-13,16-18H,4,14-15,19H2,1-3H3,(H2,29,33). The van der Waals surface area contributed by atoms with Crippen molar-refractivity contribution in [1.29, 1.82) is 0 Å². The summed E-state index contributed by atoms with van der Waals surface area (Å²) in [7, 11) is 4.03. The highest BCUT2D eigenvalue weighted by atomic mass is 35.5. The largest absolute Gasteiger partial charge is 0.371 e. The molecule has 0 aromatic heterocycles. The van der Waals surface area contributed by atoms with E-state index < -0.39 is 5.91 Å². The van der Waals surface area contributed by atoms with Crippen LogP contribution in [0.1, 0.15) is 33.2 Å². The third-order valence-electron chi connectivity index (χ3n) is 5.45. The lowest BCUT2D eigenvalue weighted by atomic mass is 10.1. The predicted molar refractivity (Wildman–Crippen MR) is 140 cm³/mol. The van der Waals surface area contributed by atoms with E-state index in [1.807, 2.05) is 56.6 Å². The van der Waals surface area contributed by atoms with E-state index in [1.54, 1.807) is 29.2 Å². The van der Waals surface area contributed by atoms with Crippen molar-refractivity contribution in [3.8, 4) is 0 Å². The molecule has 3 rings (SSSR count). The fourth-order valence-corrected chi connectivity index (χ4v) is 4.07. The minimum Gasteiger partial charge on any atom is -0.371 e. The third kappa shape index (κ3) is 6.16. The van der Waals surface area contributed by atoms with Crippen LogP contribution in [0.4, 0.5) is 17.1 Å². The van der Waals surface area contributed by atoms with Crippen molar-refractivity contribution < 1.29 is 9.59 Å². The molecule has 0 heterocycles. The van der Waals surface area contributed by atoms with Gasteiger partial charge in [-0.25, -0.2) is 0 Å². The summed E-state index contributed by atoms with van der Waals surface area (Å²) in [4.78, 5) is 31.3. The van der Waals surface area contributed by atoms with Crippen LogP contribution in [0.3, 0.4) is 0 Å². The van der Waals surface area contributed by atoms with Crippen LogP contribution in [-0.2, 0) is 6.54 Å². The molecule has 0 atom stereocenters. The molecule has 178 valence electrons. The average Bonchev–Trinajstić information content (AvgIpc) is 2.82. The maximum Gasteiger partial charge on any atom is 0.262 e. The highest BCUT2D eigenvalue weighted by molar-refractivity contribution is 6.18. The van der Waals surface area contributed by atoms with Gasteiger partial charge in [-0.05, 0) is 81.2 Å². The molecule has 0 bridgehead atoms. The van der Waals surface area contributed by atoms with E-state index in [0.717, 1.165) is 35.7 Å². The molecule has 2 amide bonds. The number of alkyl halides is 1. The molecule has 0 unspecified atom stereocenters. The van der Waals surface area contributed by atoms with Gasteiger partial charge in [0.2, 0.25) is 5.91 Å². The van der Waals surface area contributed by atoms with Gasteiger partial charge in [-0.1, -0.05) is 18.2 Å². The summed E-state index contributed by atoms with van der Waals surface area (Å²) in [5.41, 5.74) is 9.79. The van der Waals surface area contributed by atoms with E-state index in [1.165, 1.54) is 0 Å². The van der Waals surface area contributed by atoms with Gasteiger partial charge in [-0.15, -0.1) is 11.6 Å². The molecule has 34 heavy (non-hydrogen) atoms. The second-order valence-corrected chi connectivity index (χ2v) is 8.66. The molecule has 3 aromatic carbocycles. The van der Waals surface area contributed by atoms with Gasteiger partial charge in [0.1, 0.15) is 0 Å². The fraction of sp³-hybridized carbons (Fsp3) is 0.259. The monoisotopic (exact) mass is 478 g/mol. The van der Waals surface area contributed by atoms with Gasteiger partial charge < -0.3 is 15.5 Å². The molecule has 0 saturated heterocycles. The summed E-state index contributed by atoms with van der Waals surface area (Å²) in [6, 6.07) is 22.2. The quantitative estimate of drug-likeness (QED) is 0.421. The number of rotatable bonds is 10. The molecule has 0 aliphatic rings. The molecule has 0 aliphatic carbocycles. The van der Waals surface area contributed by atoms with Crippen LogP contribution >= 0.6 is 11.6 Å². The number of primary amides is 1. The van der Waals surface area contributed by atoms with Crippen LogP contribution in [0.15, 0.2) is 72.8 Å². The van der Waals surface area contributed by atoms with Crippen LogP contribution in [0, 0.1) is 0 Å². The maximum absolute atomic E-state index is 13.8. The van der Waals surface area contributed by atoms with Crippen molar-refractivity contribution in [2.45, 2.75) is 13.5 Å². The second kappa shape index (κ2) is 11.7. The summed E-state index contributed by atoms with van der Waals surface area (Å²) < 4.78 is 0. The number of benzene rings is 3. The number of para-hydroxylation sites is 1. The van der Waals surface area contributed by atoms with Crippen molar-refractivity contribution in [2.24, 2.45) is 5.73 Å². The Bertz CT molecular complexity index is 1120. The number of nitrogens with two attached hydrogens (primary N) is 1. The van der Waals surface area contributed by atoms with Gasteiger partial charge in [0, 0.05) is 48.0 Å². The van der Waals surface area contributed by atoms with E-state index in [9.17, 15) is 9.59 Å². The Balaban J connectivity index is 2.15. The van der Waals surface area contributed by atoms with E-state index in [2.05, 4.69) is 22.8 Å². The highest BCUT2D eigenvalue weighted by Gasteiger charge is 2.22. The maximum atomic E-state index is 13.8. The molecule has 6 nitrogen and oxygen atoms in total. The second-order valence-electron chi connectivity index (χ2n) is 8.28. The summed E-state index contributed by atoms with van der Waals surface area (Å²) >= 11 is 6.07. The first kappa shape index (κ1) is 25.3. The molecule has 2 N–H and O–H groups in total. The first-order valence-electron chi connectivity index (χ1n) is 11.2. The van der Waals surface area contributed by atoms with Crippen molar-refractivity contribution >= 4 is 40.5 Å². The normalized spacial score (nSPS) is 10.9. The van der Waals surface area contributed by atoms with Crippen molar-refractivity contribution in [2.75, 3.05) is 42.9 Å². The van der Waals surface area contributed by atoms with Gasteiger partial charge >= 0.3 is 0 Å². The number of anilines is 3. The predicted octanol–water partition coefficient (Wildman–Crippen LogP) is 4.89. The molecule has 0 saturated carbocycles. The zero-order valence-corrected chi connectivity index (χ0v) is 20.6. The van der Waals surface area contributed by atoms with Crippen LogP contribution in [-0.4, -0.2) is 49.8 Å². The van der Waals surface area contributed by atoms with E-state index in [4.69, 9.17) is 17.3 Å². The topological polar surface area (TPSA) is 69.9 Å². The Morgan fingerprint density at radius 1 is 0.853 bits per heavy atom. The van der Waals surface area contributed by atoms with Gasteiger partial charge in [0.25, 0.3) is 5.91 Å². The lowest BCUT2D eigenvalue weighted by Crippen LogP contribution is -2.28. The minimum absolute atomic E-state index is 0.199. The number of amides is 2. The lowest BCUT2D eigenvalue weighted by molar-refractivity contribution is 0.0988. The Kier molecular flexibility index (Phi) is 8.68. The fourth-order valence-electron chi connectivity index (χ4n) is 3.86. The highest BCUT2D eigenvalue weighted by Crippen LogP contribution is 2.32.